The van der Waals surface area contributed by atoms with Crippen molar-refractivity contribution in [1.82, 2.24) is 10.2 Å². The fourth-order valence-corrected chi connectivity index (χ4v) is 3.64. The average Bonchev–Trinajstić information content (AvgIpc) is 2.99. The highest BCUT2D eigenvalue weighted by molar-refractivity contribution is 7.19. The van der Waals surface area contributed by atoms with Crippen molar-refractivity contribution in [3.8, 4) is 0 Å². The first-order valence-corrected chi connectivity index (χ1v) is 9.13. The van der Waals surface area contributed by atoms with Crippen LogP contribution in [0.25, 0.3) is 0 Å². The first-order valence-electron chi connectivity index (χ1n) is 7.94. The molecule has 1 aliphatic heterocycles. The maximum Gasteiger partial charge on any atom is 0.325 e. The van der Waals surface area contributed by atoms with Crippen LogP contribution in [-0.2, 0) is 0 Å². The molecule has 1 aromatic carbocycles. The number of urea groups is 1. The SMILES string of the molecule is Cc1ccc(NC(=O)Nc2nnc(N3CCC[C@@H](C)C3)s2)cc1Cl. The number of aryl methyl sites for hydroxylation is 1. The second-order valence-electron chi connectivity index (χ2n) is 6.13. The second kappa shape index (κ2) is 7.36. The maximum atomic E-state index is 12.1. The smallest absolute Gasteiger partial charge is 0.325 e. The lowest BCUT2D eigenvalue weighted by Crippen LogP contribution is -2.34. The number of rotatable bonds is 3. The van der Waals surface area contributed by atoms with E-state index in [-0.39, 0.29) is 6.03 Å². The van der Waals surface area contributed by atoms with Gasteiger partial charge in [-0.2, -0.15) is 0 Å². The number of piperidine rings is 1. The Morgan fingerprint density at radius 1 is 1.38 bits per heavy atom. The van der Waals surface area contributed by atoms with Gasteiger partial charge in [0.25, 0.3) is 0 Å². The minimum atomic E-state index is -0.357. The van der Waals surface area contributed by atoms with E-state index in [4.69, 9.17) is 11.6 Å². The third kappa shape index (κ3) is 4.15. The molecular formula is C16H20ClN5OS. The fourth-order valence-electron chi connectivity index (χ4n) is 2.69. The molecule has 0 radical (unpaired) electrons. The molecule has 1 atom stereocenters. The molecule has 6 nitrogen and oxygen atoms in total. The summed E-state index contributed by atoms with van der Waals surface area (Å²) in [7, 11) is 0. The molecule has 0 bridgehead atoms. The molecule has 2 amide bonds. The van der Waals surface area contributed by atoms with E-state index in [1.807, 2.05) is 13.0 Å². The van der Waals surface area contributed by atoms with Gasteiger partial charge in [-0.25, -0.2) is 4.79 Å². The lowest BCUT2D eigenvalue weighted by atomic mass is 10.0. The van der Waals surface area contributed by atoms with E-state index in [0.717, 1.165) is 30.2 Å². The zero-order chi connectivity index (χ0) is 17.1. The molecule has 128 valence electrons. The molecule has 2 aromatic rings. The van der Waals surface area contributed by atoms with Gasteiger partial charge in [-0.05, 0) is 43.4 Å². The van der Waals surface area contributed by atoms with Crippen LogP contribution in [0.1, 0.15) is 25.3 Å². The van der Waals surface area contributed by atoms with Crippen molar-refractivity contribution in [1.29, 1.82) is 0 Å². The maximum absolute atomic E-state index is 12.1. The Morgan fingerprint density at radius 3 is 2.96 bits per heavy atom. The quantitative estimate of drug-likeness (QED) is 0.846. The van der Waals surface area contributed by atoms with Crippen molar-refractivity contribution in [2.24, 2.45) is 5.92 Å². The molecule has 8 heteroatoms. The van der Waals surface area contributed by atoms with E-state index >= 15 is 0 Å². The molecule has 0 aliphatic carbocycles. The van der Waals surface area contributed by atoms with Gasteiger partial charge in [-0.3, -0.25) is 5.32 Å². The normalized spacial score (nSPS) is 17.6. The number of carbonyl (C=O) groups is 1. The minimum absolute atomic E-state index is 0.357. The number of carbonyl (C=O) groups excluding carboxylic acids is 1. The van der Waals surface area contributed by atoms with Crippen molar-refractivity contribution >= 4 is 44.9 Å². The number of nitrogens with zero attached hydrogens (tertiary/aromatic N) is 3. The Bertz CT molecular complexity index is 735. The zero-order valence-corrected chi connectivity index (χ0v) is 15.2. The number of anilines is 3. The molecule has 2 heterocycles. The lowest BCUT2D eigenvalue weighted by Gasteiger charge is -2.29. The van der Waals surface area contributed by atoms with Crippen molar-refractivity contribution in [2.75, 3.05) is 28.6 Å². The lowest BCUT2D eigenvalue weighted by molar-refractivity contribution is 0.262. The molecule has 1 fully saturated rings. The summed E-state index contributed by atoms with van der Waals surface area (Å²) in [5.74, 6) is 0.661. The highest BCUT2D eigenvalue weighted by Gasteiger charge is 2.20. The molecule has 2 N–H and O–H groups in total. The first-order chi connectivity index (χ1) is 11.5. The molecule has 24 heavy (non-hydrogen) atoms. The van der Waals surface area contributed by atoms with Gasteiger partial charge < -0.3 is 10.2 Å². The average molecular weight is 366 g/mol. The largest absolute Gasteiger partial charge is 0.346 e. The molecular weight excluding hydrogens is 346 g/mol. The number of hydrogen-bond acceptors (Lipinski definition) is 5. The summed E-state index contributed by atoms with van der Waals surface area (Å²) in [6.07, 6.45) is 2.42. The second-order valence-corrected chi connectivity index (χ2v) is 7.49. The molecule has 1 aliphatic rings. The van der Waals surface area contributed by atoms with E-state index in [2.05, 4.69) is 32.7 Å². The molecule has 3 rings (SSSR count). The van der Waals surface area contributed by atoms with Crippen LogP contribution in [0, 0.1) is 12.8 Å². The predicted molar refractivity (Wildman–Crippen MR) is 99.4 cm³/mol. The Kier molecular flexibility index (Phi) is 5.20. The number of hydrogen-bond donors (Lipinski definition) is 2. The van der Waals surface area contributed by atoms with Crippen LogP contribution in [0.3, 0.4) is 0 Å². The zero-order valence-electron chi connectivity index (χ0n) is 13.7. The number of amides is 2. The number of aromatic nitrogens is 2. The highest BCUT2D eigenvalue weighted by Crippen LogP contribution is 2.28. The topological polar surface area (TPSA) is 70.1 Å². The van der Waals surface area contributed by atoms with Gasteiger partial charge in [0, 0.05) is 23.8 Å². The van der Waals surface area contributed by atoms with E-state index in [0.29, 0.717) is 21.8 Å². The van der Waals surface area contributed by atoms with Crippen LogP contribution in [0.4, 0.5) is 20.7 Å². The summed E-state index contributed by atoms with van der Waals surface area (Å²) in [6, 6.07) is 5.03. The molecule has 1 aromatic heterocycles. The van der Waals surface area contributed by atoms with Gasteiger partial charge in [0.1, 0.15) is 0 Å². The monoisotopic (exact) mass is 365 g/mol. The number of benzene rings is 1. The standard InChI is InChI=1S/C16H20ClN5OS/c1-10-4-3-7-22(9-10)16-21-20-15(24-16)19-14(23)18-12-6-5-11(2)13(17)8-12/h5-6,8,10H,3-4,7,9H2,1-2H3,(H2,18,19,20,23)/t10-/m1/s1. The Balaban J connectivity index is 1.59. The molecule has 0 unspecified atom stereocenters. The Labute approximate surface area is 150 Å². The van der Waals surface area contributed by atoms with Gasteiger partial charge in [0.15, 0.2) is 0 Å². The number of nitrogens with one attached hydrogen (secondary N) is 2. The van der Waals surface area contributed by atoms with E-state index in [9.17, 15) is 4.79 Å². The summed E-state index contributed by atoms with van der Waals surface area (Å²) >= 11 is 7.45. The number of halogens is 1. The van der Waals surface area contributed by atoms with Crippen LogP contribution in [0.15, 0.2) is 18.2 Å². The summed E-state index contributed by atoms with van der Waals surface area (Å²) in [6.45, 7) is 6.14. The summed E-state index contributed by atoms with van der Waals surface area (Å²) < 4.78 is 0. The molecule has 0 saturated carbocycles. The van der Waals surface area contributed by atoms with Crippen LogP contribution in [0.2, 0.25) is 5.02 Å². The van der Waals surface area contributed by atoms with E-state index < -0.39 is 0 Å². The predicted octanol–water partition coefficient (Wildman–Crippen LogP) is 4.38. The molecule has 1 saturated heterocycles. The van der Waals surface area contributed by atoms with Crippen LogP contribution in [-0.4, -0.2) is 29.3 Å². The summed E-state index contributed by atoms with van der Waals surface area (Å²) in [4.78, 5) is 14.3. The Hall–Kier alpha value is -1.86. The van der Waals surface area contributed by atoms with Crippen molar-refractivity contribution < 1.29 is 4.79 Å². The van der Waals surface area contributed by atoms with Crippen molar-refractivity contribution in [3.05, 3.63) is 28.8 Å². The minimum Gasteiger partial charge on any atom is -0.346 e. The first kappa shape index (κ1) is 17.0. The van der Waals surface area contributed by atoms with Crippen molar-refractivity contribution in [3.63, 3.8) is 0 Å². The molecule has 0 spiro atoms. The van der Waals surface area contributed by atoms with E-state index in [1.165, 1.54) is 17.8 Å². The van der Waals surface area contributed by atoms with Gasteiger partial charge >= 0.3 is 6.03 Å². The summed E-state index contributed by atoms with van der Waals surface area (Å²) in [5, 5.41) is 15.7. The van der Waals surface area contributed by atoms with Crippen LogP contribution >= 0.6 is 22.9 Å². The summed E-state index contributed by atoms with van der Waals surface area (Å²) in [5.41, 5.74) is 1.60. The fraction of sp³-hybridized carbons (Fsp3) is 0.438. The third-order valence-electron chi connectivity index (χ3n) is 3.99. The van der Waals surface area contributed by atoms with Gasteiger partial charge in [0.05, 0.1) is 0 Å². The third-order valence-corrected chi connectivity index (χ3v) is 5.30. The van der Waals surface area contributed by atoms with E-state index in [1.54, 1.807) is 12.1 Å². The van der Waals surface area contributed by atoms with Gasteiger partial charge in [-0.15, -0.1) is 10.2 Å². The van der Waals surface area contributed by atoms with Gasteiger partial charge in [0.2, 0.25) is 10.3 Å². The highest BCUT2D eigenvalue weighted by atomic mass is 35.5. The van der Waals surface area contributed by atoms with Crippen LogP contribution < -0.4 is 15.5 Å². The van der Waals surface area contributed by atoms with Crippen molar-refractivity contribution in [2.45, 2.75) is 26.7 Å². The van der Waals surface area contributed by atoms with Gasteiger partial charge in [-0.1, -0.05) is 35.9 Å². The Morgan fingerprint density at radius 2 is 2.21 bits per heavy atom. The van der Waals surface area contributed by atoms with Crippen LogP contribution in [0.5, 0.6) is 0 Å².